The molecule has 0 amide bonds. The van der Waals surface area contributed by atoms with Gasteiger partial charge in [0.05, 0.1) is 0 Å². The summed E-state index contributed by atoms with van der Waals surface area (Å²) in [5, 5.41) is 0. The van der Waals surface area contributed by atoms with Gasteiger partial charge in [0.15, 0.2) is 6.10 Å². The van der Waals surface area contributed by atoms with Crippen LogP contribution in [0.1, 0.15) is 12.8 Å². The maximum Gasteiger partial charge on any atom is 0.418 e. The van der Waals surface area contributed by atoms with Crippen LogP contribution in [0.25, 0.3) is 0 Å². The standard InChI is InChI=1S/C6H5O2/c7-5-8-6-3-1-2-4-6/h6H,1,3H2. The van der Waals surface area contributed by atoms with E-state index in [0.29, 0.717) is 0 Å². The van der Waals surface area contributed by atoms with Crippen molar-refractivity contribution in [2.75, 3.05) is 0 Å². The van der Waals surface area contributed by atoms with E-state index >= 15 is 0 Å². The fraction of sp³-hybridized carbons (Fsp3) is 0.500. The summed E-state index contributed by atoms with van der Waals surface area (Å²) in [6.07, 6.45) is 1.48. The zero-order valence-electron chi connectivity index (χ0n) is 4.31. The molecule has 1 atom stereocenters. The van der Waals surface area contributed by atoms with E-state index in [1.807, 2.05) is 0 Å². The molecule has 0 fully saturated rings. The summed E-state index contributed by atoms with van der Waals surface area (Å²) in [6.45, 7) is 1.36. The van der Waals surface area contributed by atoms with Crippen molar-refractivity contribution in [3.8, 4) is 11.8 Å². The van der Waals surface area contributed by atoms with E-state index in [0.717, 1.165) is 12.8 Å². The summed E-state index contributed by atoms with van der Waals surface area (Å²) in [6, 6.07) is 0. The number of hydrogen-bond donors (Lipinski definition) is 0. The summed E-state index contributed by atoms with van der Waals surface area (Å²) >= 11 is 0. The summed E-state index contributed by atoms with van der Waals surface area (Å²) < 4.78 is 4.42. The highest BCUT2D eigenvalue weighted by Gasteiger charge is 2.07. The van der Waals surface area contributed by atoms with E-state index in [4.69, 9.17) is 0 Å². The van der Waals surface area contributed by atoms with Crippen molar-refractivity contribution >= 4 is 6.47 Å². The maximum atomic E-state index is 9.55. The van der Waals surface area contributed by atoms with Gasteiger partial charge in [-0.3, -0.25) is 0 Å². The van der Waals surface area contributed by atoms with Gasteiger partial charge < -0.3 is 4.74 Å². The molecule has 1 aliphatic rings. The first-order chi connectivity index (χ1) is 3.93. The second-order valence-corrected chi connectivity index (χ2v) is 1.55. The number of carbonyl (C=O) groups excluding carboxylic acids is 1. The molecule has 0 saturated heterocycles. The minimum atomic E-state index is -0.174. The minimum absolute atomic E-state index is 0.174. The van der Waals surface area contributed by atoms with Crippen LogP contribution in [0.3, 0.4) is 0 Å². The van der Waals surface area contributed by atoms with Crippen LogP contribution in [0.2, 0.25) is 0 Å². The lowest BCUT2D eigenvalue weighted by Gasteiger charge is -1.98. The molecule has 1 radical (unpaired) electrons. The Hall–Kier alpha value is -0.970. The van der Waals surface area contributed by atoms with Crippen LogP contribution in [0, 0.1) is 11.8 Å². The minimum Gasteiger partial charge on any atom is -0.441 e. The third-order valence-corrected chi connectivity index (χ3v) is 0.985. The summed E-state index contributed by atoms with van der Waals surface area (Å²) in [4.78, 5) is 9.55. The van der Waals surface area contributed by atoms with Gasteiger partial charge in [-0.15, -0.1) is 0 Å². The first-order valence-electron chi connectivity index (χ1n) is 2.44. The lowest BCUT2D eigenvalue weighted by molar-refractivity contribution is 0.224. The SMILES string of the molecule is O=[C]OC1C#CCC1. The van der Waals surface area contributed by atoms with Crippen LogP contribution in [-0.4, -0.2) is 12.6 Å². The lowest BCUT2D eigenvalue weighted by Crippen LogP contribution is -2.04. The third-order valence-electron chi connectivity index (χ3n) is 0.985. The molecule has 0 aromatic heterocycles. The van der Waals surface area contributed by atoms with Gasteiger partial charge in [-0.25, -0.2) is 4.79 Å². The van der Waals surface area contributed by atoms with Crippen LogP contribution < -0.4 is 0 Å². The molecule has 41 valence electrons. The third kappa shape index (κ3) is 1.00. The largest absolute Gasteiger partial charge is 0.441 e. The number of hydrogen-bond acceptors (Lipinski definition) is 2. The van der Waals surface area contributed by atoms with Gasteiger partial charge in [-0.05, 0) is 0 Å². The molecule has 8 heavy (non-hydrogen) atoms. The smallest absolute Gasteiger partial charge is 0.418 e. The van der Waals surface area contributed by atoms with E-state index < -0.39 is 0 Å². The highest BCUT2D eigenvalue weighted by atomic mass is 16.5. The summed E-state index contributed by atoms with van der Waals surface area (Å²) in [7, 11) is 0. The summed E-state index contributed by atoms with van der Waals surface area (Å²) in [5.74, 6) is 5.53. The molecule has 0 heterocycles. The monoisotopic (exact) mass is 109 g/mol. The molecule has 2 heteroatoms. The average molecular weight is 109 g/mol. The molecule has 0 saturated carbocycles. The average Bonchev–Trinajstić information content (AvgIpc) is 2.19. The number of rotatable bonds is 2. The molecule has 2 nitrogen and oxygen atoms in total. The van der Waals surface area contributed by atoms with E-state index in [1.165, 1.54) is 6.47 Å². The van der Waals surface area contributed by atoms with Crippen molar-refractivity contribution in [1.29, 1.82) is 0 Å². The van der Waals surface area contributed by atoms with Crippen LogP contribution in [0.4, 0.5) is 0 Å². The topological polar surface area (TPSA) is 26.3 Å². The first-order valence-corrected chi connectivity index (χ1v) is 2.44. The Balaban J connectivity index is 2.29. The Morgan fingerprint density at radius 3 is 3.12 bits per heavy atom. The van der Waals surface area contributed by atoms with Crippen molar-refractivity contribution in [3.63, 3.8) is 0 Å². The van der Waals surface area contributed by atoms with Gasteiger partial charge >= 0.3 is 6.47 Å². The predicted molar refractivity (Wildman–Crippen MR) is 27.6 cm³/mol. The maximum absolute atomic E-state index is 9.55. The highest BCUT2D eigenvalue weighted by molar-refractivity contribution is 5.40. The van der Waals surface area contributed by atoms with E-state index in [1.54, 1.807) is 0 Å². The molecule has 0 spiro atoms. The Labute approximate surface area is 47.8 Å². The van der Waals surface area contributed by atoms with Crippen LogP contribution in [0.15, 0.2) is 0 Å². The van der Waals surface area contributed by atoms with Crippen molar-refractivity contribution in [3.05, 3.63) is 0 Å². The quantitative estimate of drug-likeness (QED) is 0.475. The normalized spacial score (nSPS) is 23.8. The van der Waals surface area contributed by atoms with Crippen LogP contribution in [0.5, 0.6) is 0 Å². The molecule has 1 rings (SSSR count). The zero-order chi connectivity index (χ0) is 5.82. The van der Waals surface area contributed by atoms with Crippen molar-refractivity contribution < 1.29 is 9.53 Å². The summed E-state index contributed by atoms with van der Waals surface area (Å²) in [5.41, 5.74) is 0. The lowest BCUT2D eigenvalue weighted by atomic mass is 10.3. The molecule has 0 bridgehead atoms. The van der Waals surface area contributed by atoms with E-state index in [2.05, 4.69) is 16.6 Å². The zero-order valence-corrected chi connectivity index (χ0v) is 4.31. The second-order valence-electron chi connectivity index (χ2n) is 1.55. The Bertz CT molecular complexity index is 140. The second kappa shape index (κ2) is 2.37. The van der Waals surface area contributed by atoms with E-state index in [9.17, 15) is 4.79 Å². The van der Waals surface area contributed by atoms with Gasteiger partial charge in [0.1, 0.15) is 0 Å². The molecular formula is C6H5O2. The molecule has 0 aromatic rings. The highest BCUT2D eigenvalue weighted by Crippen LogP contribution is 2.04. The van der Waals surface area contributed by atoms with Crippen LogP contribution in [-0.2, 0) is 9.53 Å². The van der Waals surface area contributed by atoms with Crippen molar-refractivity contribution in [2.45, 2.75) is 18.9 Å². The molecule has 0 aliphatic heterocycles. The first kappa shape index (κ1) is 5.17. The van der Waals surface area contributed by atoms with Crippen LogP contribution >= 0.6 is 0 Å². The van der Waals surface area contributed by atoms with Gasteiger partial charge in [0, 0.05) is 12.8 Å². The molecule has 0 N–H and O–H groups in total. The predicted octanol–water partition coefficient (Wildman–Crippen LogP) is 0.236. The van der Waals surface area contributed by atoms with Gasteiger partial charge in [0.25, 0.3) is 0 Å². The van der Waals surface area contributed by atoms with Gasteiger partial charge in [0.2, 0.25) is 0 Å². The fourth-order valence-corrected chi connectivity index (χ4v) is 0.608. The van der Waals surface area contributed by atoms with E-state index in [-0.39, 0.29) is 6.10 Å². The Kier molecular flexibility index (Phi) is 1.53. The van der Waals surface area contributed by atoms with Gasteiger partial charge in [-0.2, -0.15) is 0 Å². The van der Waals surface area contributed by atoms with Crippen molar-refractivity contribution in [2.24, 2.45) is 0 Å². The molecular weight excluding hydrogens is 104 g/mol. The Morgan fingerprint density at radius 1 is 1.75 bits per heavy atom. The molecule has 1 unspecified atom stereocenters. The Morgan fingerprint density at radius 2 is 2.62 bits per heavy atom. The van der Waals surface area contributed by atoms with Gasteiger partial charge in [-0.1, -0.05) is 11.8 Å². The number of ether oxygens (including phenoxy) is 1. The molecule has 0 aromatic carbocycles. The van der Waals surface area contributed by atoms with Crippen molar-refractivity contribution in [1.82, 2.24) is 0 Å². The molecule has 1 aliphatic carbocycles. The fourth-order valence-electron chi connectivity index (χ4n) is 0.608.